The molecular weight excluding hydrogens is 172 g/mol. The van der Waals surface area contributed by atoms with Gasteiger partial charge in [0.25, 0.3) is 0 Å². The minimum absolute atomic E-state index is 0.211. The molecule has 1 aliphatic heterocycles. The Balaban J connectivity index is 2.42. The fourth-order valence-electron chi connectivity index (χ4n) is 1.84. The molecule has 2 rings (SSSR count). The highest BCUT2D eigenvalue weighted by atomic mass is 15.2. The zero-order valence-electron chi connectivity index (χ0n) is 9.46. The van der Waals surface area contributed by atoms with Crippen molar-refractivity contribution in [1.82, 2.24) is 4.98 Å². The van der Waals surface area contributed by atoms with E-state index < -0.39 is 0 Å². The highest BCUT2D eigenvalue weighted by molar-refractivity contribution is 5.52. The Morgan fingerprint density at radius 1 is 1.36 bits per heavy atom. The molecule has 0 saturated heterocycles. The topological polar surface area (TPSA) is 16.1 Å². The Kier molecular flexibility index (Phi) is 2.02. The third-order valence-electron chi connectivity index (χ3n) is 2.89. The van der Waals surface area contributed by atoms with Crippen molar-refractivity contribution in [3.63, 3.8) is 0 Å². The van der Waals surface area contributed by atoms with Gasteiger partial charge in [-0.05, 0) is 29.0 Å². The van der Waals surface area contributed by atoms with Crippen LogP contribution >= 0.6 is 0 Å². The first kappa shape index (κ1) is 9.50. The Hall–Kier alpha value is -1.05. The van der Waals surface area contributed by atoms with Crippen LogP contribution in [0, 0.1) is 0 Å². The number of nitrogens with zero attached hydrogens (tertiary/aromatic N) is 2. The molecule has 0 atom stereocenters. The average Bonchev–Trinajstić information content (AvgIpc) is 2.46. The first-order chi connectivity index (χ1) is 6.48. The van der Waals surface area contributed by atoms with E-state index in [1.807, 2.05) is 6.20 Å². The summed E-state index contributed by atoms with van der Waals surface area (Å²) in [6, 6.07) is 2.31. The summed E-state index contributed by atoms with van der Waals surface area (Å²) in [5.74, 6) is 1.16. The van der Waals surface area contributed by atoms with Gasteiger partial charge in [0.2, 0.25) is 0 Å². The molecule has 0 unspecified atom stereocenters. The smallest absolute Gasteiger partial charge is 0.131 e. The Morgan fingerprint density at radius 3 is 2.71 bits per heavy atom. The third-order valence-corrected chi connectivity index (χ3v) is 2.89. The van der Waals surface area contributed by atoms with E-state index in [0.717, 1.165) is 18.8 Å². The van der Waals surface area contributed by atoms with Crippen molar-refractivity contribution in [3.05, 3.63) is 23.4 Å². The summed E-state index contributed by atoms with van der Waals surface area (Å²) in [6.45, 7) is 7.80. The summed E-state index contributed by atoms with van der Waals surface area (Å²) in [4.78, 5) is 6.76. The van der Waals surface area contributed by atoms with Crippen LogP contribution < -0.4 is 4.90 Å². The average molecular weight is 190 g/mol. The van der Waals surface area contributed by atoms with E-state index in [9.17, 15) is 0 Å². The molecule has 14 heavy (non-hydrogen) atoms. The summed E-state index contributed by atoms with van der Waals surface area (Å²) in [7, 11) is 2.11. The van der Waals surface area contributed by atoms with E-state index in [2.05, 4.69) is 43.8 Å². The quantitative estimate of drug-likeness (QED) is 0.624. The van der Waals surface area contributed by atoms with Crippen LogP contribution in [0.3, 0.4) is 0 Å². The lowest BCUT2D eigenvalue weighted by Crippen LogP contribution is -2.15. The minimum atomic E-state index is 0.211. The SMILES string of the molecule is CN1CCc2cc(C(C)(C)C)cnc21. The van der Waals surface area contributed by atoms with E-state index in [1.165, 1.54) is 11.1 Å². The molecule has 0 N–H and O–H groups in total. The first-order valence-electron chi connectivity index (χ1n) is 5.19. The number of aromatic nitrogens is 1. The first-order valence-corrected chi connectivity index (χ1v) is 5.19. The predicted molar refractivity (Wildman–Crippen MR) is 59.9 cm³/mol. The molecule has 0 aliphatic carbocycles. The van der Waals surface area contributed by atoms with Gasteiger partial charge in [0, 0.05) is 19.8 Å². The molecule has 0 saturated carbocycles. The molecule has 1 aliphatic rings. The second kappa shape index (κ2) is 2.97. The van der Waals surface area contributed by atoms with Crippen molar-refractivity contribution in [2.24, 2.45) is 0 Å². The summed E-state index contributed by atoms with van der Waals surface area (Å²) >= 11 is 0. The van der Waals surface area contributed by atoms with Crippen LogP contribution in [0.4, 0.5) is 5.82 Å². The van der Waals surface area contributed by atoms with Crippen LogP contribution in [0.15, 0.2) is 12.3 Å². The molecule has 76 valence electrons. The number of anilines is 1. The zero-order valence-corrected chi connectivity index (χ0v) is 9.46. The molecule has 2 heterocycles. The van der Waals surface area contributed by atoms with Crippen molar-refractivity contribution in [2.75, 3.05) is 18.5 Å². The predicted octanol–water partition coefficient (Wildman–Crippen LogP) is 2.37. The van der Waals surface area contributed by atoms with Crippen LogP contribution in [-0.2, 0) is 11.8 Å². The van der Waals surface area contributed by atoms with E-state index in [4.69, 9.17) is 0 Å². The monoisotopic (exact) mass is 190 g/mol. The number of rotatable bonds is 0. The van der Waals surface area contributed by atoms with Gasteiger partial charge in [0.1, 0.15) is 5.82 Å². The molecule has 0 spiro atoms. The molecule has 0 radical (unpaired) electrons. The maximum Gasteiger partial charge on any atom is 0.131 e. The fraction of sp³-hybridized carbons (Fsp3) is 0.583. The van der Waals surface area contributed by atoms with Crippen molar-refractivity contribution < 1.29 is 0 Å². The van der Waals surface area contributed by atoms with Gasteiger partial charge in [0.15, 0.2) is 0 Å². The highest BCUT2D eigenvalue weighted by Gasteiger charge is 2.21. The molecular formula is C12H18N2. The highest BCUT2D eigenvalue weighted by Crippen LogP contribution is 2.29. The van der Waals surface area contributed by atoms with Crippen LogP contribution in [0.2, 0.25) is 0 Å². The standard InChI is InChI=1S/C12H18N2/c1-12(2,3)10-7-9-5-6-14(4)11(9)13-8-10/h7-8H,5-6H2,1-4H3. The number of hydrogen-bond acceptors (Lipinski definition) is 2. The maximum atomic E-state index is 4.53. The van der Waals surface area contributed by atoms with Crippen LogP contribution in [-0.4, -0.2) is 18.6 Å². The third kappa shape index (κ3) is 1.49. The van der Waals surface area contributed by atoms with Gasteiger partial charge in [-0.1, -0.05) is 20.8 Å². The summed E-state index contributed by atoms with van der Waals surface area (Å²) < 4.78 is 0. The molecule has 0 bridgehead atoms. The fourth-order valence-corrected chi connectivity index (χ4v) is 1.84. The second-order valence-electron chi connectivity index (χ2n) is 5.13. The lowest BCUT2D eigenvalue weighted by Gasteiger charge is -2.19. The van der Waals surface area contributed by atoms with E-state index >= 15 is 0 Å². The van der Waals surface area contributed by atoms with Crippen molar-refractivity contribution >= 4 is 5.82 Å². The largest absolute Gasteiger partial charge is 0.359 e. The lowest BCUT2D eigenvalue weighted by molar-refractivity contribution is 0.587. The lowest BCUT2D eigenvalue weighted by atomic mass is 9.87. The number of fused-ring (bicyclic) bond motifs is 1. The Morgan fingerprint density at radius 2 is 2.07 bits per heavy atom. The second-order valence-corrected chi connectivity index (χ2v) is 5.13. The van der Waals surface area contributed by atoms with Gasteiger partial charge in [-0.3, -0.25) is 0 Å². The summed E-state index contributed by atoms with van der Waals surface area (Å²) in [6.07, 6.45) is 3.16. The van der Waals surface area contributed by atoms with Gasteiger partial charge >= 0.3 is 0 Å². The number of hydrogen-bond donors (Lipinski definition) is 0. The van der Waals surface area contributed by atoms with Gasteiger partial charge in [0.05, 0.1) is 0 Å². The van der Waals surface area contributed by atoms with Gasteiger partial charge in [-0.25, -0.2) is 4.98 Å². The summed E-state index contributed by atoms with van der Waals surface area (Å²) in [5, 5.41) is 0. The molecule has 2 nitrogen and oxygen atoms in total. The van der Waals surface area contributed by atoms with Crippen LogP contribution in [0.25, 0.3) is 0 Å². The summed E-state index contributed by atoms with van der Waals surface area (Å²) in [5.41, 5.74) is 2.95. The van der Waals surface area contributed by atoms with Crippen molar-refractivity contribution in [2.45, 2.75) is 32.6 Å². The Bertz CT molecular complexity index is 350. The van der Waals surface area contributed by atoms with Gasteiger partial charge in [-0.15, -0.1) is 0 Å². The van der Waals surface area contributed by atoms with Crippen molar-refractivity contribution in [3.8, 4) is 0 Å². The molecule has 0 fully saturated rings. The minimum Gasteiger partial charge on any atom is -0.359 e. The zero-order chi connectivity index (χ0) is 10.3. The molecule has 1 aromatic rings. The number of pyridine rings is 1. The maximum absolute atomic E-state index is 4.53. The van der Waals surface area contributed by atoms with Gasteiger partial charge in [-0.2, -0.15) is 0 Å². The van der Waals surface area contributed by atoms with E-state index in [0.29, 0.717) is 0 Å². The number of likely N-dealkylation sites (N-methyl/N-ethyl adjacent to an activating group) is 1. The van der Waals surface area contributed by atoms with E-state index in [1.54, 1.807) is 0 Å². The van der Waals surface area contributed by atoms with Crippen molar-refractivity contribution in [1.29, 1.82) is 0 Å². The molecule has 0 amide bonds. The molecule has 2 heteroatoms. The molecule has 1 aromatic heterocycles. The molecule has 0 aromatic carbocycles. The van der Waals surface area contributed by atoms with Gasteiger partial charge < -0.3 is 4.90 Å². The van der Waals surface area contributed by atoms with Crippen LogP contribution in [0.1, 0.15) is 31.9 Å². The Labute approximate surface area is 86.0 Å². The van der Waals surface area contributed by atoms with Crippen LogP contribution in [0.5, 0.6) is 0 Å². The van der Waals surface area contributed by atoms with E-state index in [-0.39, 0.29) is 5.41 Å². The normalized spacial score (nSPS) is 15.9.